The molecule has 0 atom stereocenters. The molecular formula is C14H21NS. The van der Waals surface area contributed by atoms with Gasteiger partial charge >= 0.3 is 0 Å². The molecule has 0 saturated carbocycles. The summed E-state index contributed by atoms with van der Waals surface area (Å²) >= 11 is 1.97. The van der Waals surface area contributed by atoms with Crippen molar-refractivity contribution >= 4 is 17.4 Å². The third kappa shape index (κ3) is 2.37. The van der Waals surface area contributed by atoms with Crippen LogP contribution in [0.2, 0.25) is 0 Å². The van der Waals surface area contributed by atoms with Crippen LogP contribution in [0.4, 0.5) is 5.69 Å². The van der Waals surface area contributed by atoms with Gasteiger partial charge in [-0.3, -0.25) is 0 Å². The van der Waals surface area contributed by atoms with Gasteiger partial charge < -0.3 is 5.32 Å². The van der Waals surface area contributed by atoms with E-state index in [1.807, 2.05) is 11.8 Å². The summed E-state index contributed by atoms with van der Waals surface area (Å²) in [6, 6.07) is 6.82. The highest BCUT2D eigenvalue weighted by Crippen LogP contribution is 2.42. The SMILES string of the molecule is CC1(C)CNc2cc(C(C)(C)C)ccc2S1. The van der Waals surface area contributed by atoms with Gasteiger partial charge in [-0.2, -0.15) is 0 Å². The molecule has 0 spiro atoms. The molecule has 0 radical (unpaired) electrons. The Morgan fingerprint density at radius 3 is 2.56 bits per heavy atom. The molecule has 16 heavy (non-hydrogen) atoms. The van der Waals surface area contributed by atoms with Crippen molar-refractivity contribution in [1.82, 2.24) is 0 Å². The summed E-state index contributed by atoms with van der Waals surface area (Å²) < 4.78 is 0.302. The predicted molar refractivity (Wildman–Crippen MR) is 73.6 cm³/mol. The van der Waals surface area contributed by atoms with E-state index in [-0.39, 0.29) is 5.41 Å². The lowest BCUT2D eigenvalue weighted by Gasteiger charge is -2.33. The zero-order chi connectivity index (χ0) is 12.0. The molecule has 1 aromatic rings. The summed E-state index contributed by atoms with van der Waals surface area (Å²) in [6.45, 7) is 12.4. The van der Waals surface area contributed by atoms with Crippen LogP contribution in [0, 0.1) is 0 Å². The highest BCUT2D eigenvalue weighted by atomic mass is 32.2. The van der Waals surface area contributed by atoms with Crippen LogP contribution in [0.3, 0.4) is 0 Å². The van der Waals surface area contributed by atoms with Crippen molar-refractivity contribution in [2.45, 2.75) is 49.7 Å². The average Bonchev–Trinajstić information content (AvgIpc) is 2.14. The fourth-order valence-corrected chi connectivity index (χ4v) is 2.98. The van der Waals surface area contributed by atoms with Crippen LogP contribution in [-0.2, 0) is 5.41 Å². The van der Waals surface area contributed by atoms with Gasteiger partial charge in [-0.25, -0.2) is 0 Å². The van der Waals surface area contributed by atoms with Crippen LogP contribution in [0.25, 0.3) is 0 Å². The second kappa shape index (κ2) is 3.69. The molecule has 0 saturated heterocycles. The minimum absolute atomic E-state index is 0.230. The minimum atomic E-state index is 0.230. The molecule has 1 N–H and O–H groups in total. The molecule has 1 aliphatic rings. The number of hydrogen-bond acceptors (Lipinski definition) is 2. The fraction of sp³-hybridized carbons (Fsp3) is 0.571. The summed E-state index contributed by atoms with van der Waals surface area (Å²) in [5.74, 6) is 0. The first kappa shape index (κ1) is 11.8. The summed E-state index contributed by atoms with van der Waals surface area (Å²) in [5, 5.41) is 3.54. The van der Waals surface area contributed by atoms with E-state index in [1.165, 1.54) is 16.1 Å². The van der Waals surface area contributed by atoms with Crippen molar-refractivity contribution < 1.29 is 0 Å². The van der Waals surface area contributed by atoms with Crippen LogP contribution in [-0.4, -0.2) is 11.3 Å². The summed E-state index contributed by atoms with van der Waals surface area (Å²) in [4.78, 5) is 1.38. The maximum absolute atomic E-state index is 3.54. The smallest absolute Gasteiger partial charge is 0.0482 e. The number of benzene rings is 1. The van der Waals surface area contributed by atoms with Gasteiger partial charge in [0.2, 0.25) is 0 Å². The Hall–Kier alpha value is -0.630. The first-order chi connectivity index (χ1) is 7.28. The lowest BCUT2D eigenvalue weighted by molar-refractivity contribution is 0.589. The molecule has 2 heteroatoms. The molecule has 0 amide bonds. The topological polar surface area (TPSA) is 12.0 Å². The zero-order valence-electron chi connectivity index (χ0n) is 10.8. The van der Waals surface area contributed by atoms with E-state index in [4.69, 9.17) is 0 Å². The van der Waals surface area contributed by atoms with Crippen LogP contribution >= 0.6 is 11.8 Å². The fourth-order valence-electron chi connectivity index (χ4n) is 1.87. The van der Waals surface area contributed by atoms with Gasteiger partial charge in [0, 0.05) is 21.9 Å². The summed E-state index contributed by atoms with van der Waals surface area (Å²) in [5.41, 5.74) is 2.93. The first-order valence-corrected chi connectivity index (χ1v) is 6.67. The Balaban J connectivity index is 2.36. The minimum Gasteiger partial charge on any atom is -0.383 e. The molecule has 1 heterocycles. The number of hydrogen-bond donors (Lipinski definition) is 1. The third-order valence-corrected chi connectivity index (χ3v) is 4.21. The Labute approximate surface area is 103 Å². The average molecular weight is 235 g/mol. The van der Waals surface area contributed by atoms with E-state index in [0.717, 1.165) is 6.54 Å². The highest BCUT2D eigenvalue weighted by molar-refractivity contribution is 8.00. The number of thioether (sulfide) groups is 1. The third-order valence-electron chi connectivity index (χ3n) is 2.94. The van der Waals surface area contributed by atoms with Crippen LogP contribution in [0.15, 0.2) is 23.1 Å². The molecule has 0 aromatic heterocycles. The molecule has 1 aromatic carbocycles. The van der Waals surface area contributed by atoms with Crippen LogP contribution in [0.5, 0.6) is 0 Å². The monoisotopic (exact) mass is 235 g/mol. The van der Waals surface area contributed by atoms with E-state index in [9.17, 15) is 0 Å². The lowest BCUT2D eigenvalue weighted by atomic mass is 9.87. The molecule has 1 nitrogen and oxygen atoms in total. The van der Waals surface area contributed by atoms with E-state index >= 15 is 0 Å². The normalized spacial score (nSPS) is 18.8. The van der Waals surface area contributed by atoms with Gasteiger partial charge in [0.05, 0.1) is 0 Å². The number of fused-ring (bicyclic) bond motifs is 1. The molecule has 0 bridgehead atoms. The van der Waals surface area contributed by atoms with E-state index in [1.54, 1.807) is 0 Å². The zero-order valence-corrected chi connectivity index (χ0v) is 11.7. The van der Waals surface area contributed by atoms with Gasteiger partial charge in [0.1, 0.15) is 0 Å². The van der Waals surface area contributed by atoms with Crippen molar-refractivity contribution in [2.24, 2.45) is 0 Å². The molecule has 0 aliphatic carbocycles. The molecule has 0 fully saturated rings. The number of nitrogens with one attached hydrogen (secondary N) is 1. The second-order valence-corrected chi connectivity index (χ2v) is 7.93. The van der Waals surface area contributed by atoms with E-state index < -0.39 is 0 Å². The largest absolute Gasteiger partial charge is 0.383 e. The van der Waals surface area contributed by atoms with Crippen LogP contribution in [0.1, 0.15) is 40.2 Å². The Morgan fingerprint density at radius 1 is 1.25 bits per heavy atom. The van der Waals surface area contributed by atoms with Crippen LogP contribution < -0.4 is 5.32 Å². The second-order valence-electron chi connectivity index (χ2n) is 6.18. The van der Waals surface area contributed by atoms with Gasteiger partial charge in [-0.15, -0.1) is 11.8 Å². The van der Waals surface area contributed by atoms with Crippen molar-refractivity contribution in [1.29, 1.82) is 0 Å². The molecule has 1 aliphatic heterocycles. The Kier molecular flexibility index (Phi) is 2.73. The Bertz CT molecular complexity index is 402. The predicted octanol–water partition coefficient (Wildman–Crippen LogP) is 4.28. The molecule has 0 unspecified atom stereocenters. The summed E-state index contributed by atoms with van der Waals surface area (Å²) in [7, 11) is 0. The quantitative estimate of drug-likeness (QED) is 0.720. The van der Waals surface area contributed by atoms with Gasteiger partial charge in [0.15, 0.2) is 0 Å². The van der Waals surface area contributed by atoms with Gasteiger partial charge in [0.25, 0.3) is 0 Å². The van der Waals surface area contributed by atoms with Crippen molar-refractivity contribution in [3.63, 3.8) is 0 Å². The maximum Gasteiger partial charge on any atom is 0.0482 e. The van der Waals surface area contributed by atoms with Crippen molar-refractivity contribution in [3.05, 3.63) is 23.8 Å². The molecular weight excluding hydrogens is 214 g/mol. The first-order valence-electron chi connectivity index (χ1n) is 5.85. The molecule has 88 valence electrons. The number of rotatable bonds is 0. The van der Waals surface area contributed by atoms with Crippen molar-refractivity contribution in [3.8, 4) is 0 Å². The highest BCUT2D eigenvalue weighted by Gasteiger charge is 2.26. The van der Waals surface area contributed by atoms with Gasteiger partial charge in [-0.05, 0) is 37.0 Å². The Morgan fingerprint density at radius 2 is 1.94 bits per heavy atom. The maximum atomic E-state index is 3.54. The number of anilines is 1. The van der Waals surface area contributed by atoms with E-state index in [0.29, 0.717) is 4.75 Å². The molecule has 2 rings (SSSR count). The lowest BCUT2D eigenvalue weighted by Crippen LogP contribution is -2.30. The van der Waals surface area contributed by atoms with E-state index in [2.05, 4.69) is 58.1 Å². The van der Waals surface area contributed by atoms with Crippen molar-refractivity contribution in [2.75, 3.05) is 11.9 Å². The van der Waals surface area contributed by atoms with Gasteiger partial charge in [-0.1, -0.05) is 26.8 Å². The standard InChI is InChI=1S/C14H21NS/c1-13(2,3)10-6-7-12-11(8-10)15-9-14(4,5)16-12/h6-8,15H,9H2,1-5H3. The summed E-state index contributed by atoms with van der Waals surface area (Å²) in [6.07, 6.45) is 0.